The summed E-state index contributed by atoms with van der Waals surface area (Å²) in [5.74, 6) is 0.392. The van der Waals surface area contributed by atoms with Gasteiger partial charge in [0.05, 0.1) is 0 Å². The minimum absolute atomic E-state index is 0.145. The molecule has 3 rings (SSSR count). The molecule has 0 bridgehead atoms. The second-order valence-corrected chi connectivity index (χ2v) is 6.06. The Morgan fingerprint density at radius 1 is 0.960 bits per heavy atom. The van der Waals surface area contributed by atoms with Crippen molar-refractivity contribution in [1.82, 2.24) is 4.57 Å². The second kappa shape index (κ2) is 7.26. The van der Waals surface area contributed by atoms with E-state index in [1.165, 1.54) is 6.92 Å². The minimum atomic E-state index is -0.762. The first-order valence-electron chi connectivity index (χ1n) is 8.18. The van der Waals surface area contributed by atoms with E-state index in [2.05, 4.69) is 0 Å². The summed E-state index contributed by atoms with van der Waals surface area (Å²) in [5.41, 5.74) is 1.24. The van der Waals surface area contributed by atoms with Gasteiger partial charge < -0.3 is 14.0 Å². The maximum atomic E-state index is 11.3. The Morgan fingerprint density at radius 3 is 2.20 bits per heavy atom. The standard InChI is InChI=1S/C21H21NO3/c1-17(23)24-16-21(2,18-8-4-3-5-9-18)25-20-12-10-19(11-13-20)22-14-6-7-15-22/h3-15H,16H2,1-2H3. The van der Waals surface area contributed by atoms with E-state index in [1.54, 1.807) is 0 Å². The summed E-state index contributed by atoms with van der Waals surface area (Å²) < 4.78 is 13.5. The van der Waals surface area contributed by atoms with Crippen LogP contribution in [0.25, 0.3) is 5.69 Å². The second-order valence-electron chi connectivity index (χ2n) is 6.06. The van der Waals surface area contributed by atoms with Gasteiger partial charge in [0.1, 0.15) is 12.4 Å². The Morgan fingerprint density at radius 2 is 1.60 bits per heavy atom. The smallest absolute Gasteiger partial charge is 0.302 e. The van der Waals surface area contributed by atoms with Crippen LogP contribution in [-0.2, 0) is 15.1 Å². The molecule has 0 aliphatic carbocycles. The van der Waals surface area contributed by atoms with Crippen LogP contribution in [0.3, 0.4) is 0 Å². The van der Waals surface area contributed by atoms with Crippen molar-refractivity contribution in [2.45, 2.75) is 19.4 Å². The summed E-state index contributed by atoms with van der Waals surface area (Å²) in [4.78, 5) is 11.3. The largest absolute Gasteiger partial charge is 0.479 e. The van der Waals surface area contributed by atoms with Gasteiger partial charge in [-0.05, 0) is 48.9 Å². The highest BCUT2D eigenvalue weighted by Crippen LogP contribution is 2.29. The lowest BCUT2D eigenvalue weighted by molar-refractivity contribution is -0.147. The number of aromatic nitrogens is 1. The normalized spacial score (nSPS) is 13.0. The first kappa shape index (κ1) is 16.8. The topological polar surface area (TPSA) is 40.5 Å². The Kier molecular flexibility index (Phi) is 4.89. The molecular formula is C21H21NO3. The molecule has 2 aromatic carbocycles. The van der Waals surface area contributed by atoms with Gasteiger partial charge >= 0.3 is 5.97 Å². The van der Waals surface area contributed by atoms with Crippen LogP contribution in [0.4, 0.5) is 0 Å². The van der Waals surface area contributed by atoms with Crippen molar-refractivity contribution in [3.05, 3.63) is 84.7 Å². The molecule has 1 atom stereocenters. The molecule has 0 radical (unpaired) electrons. The lowest BCUT2D eigenvalue weighted by Crippen LogP contribution is -2.35. The molecule has 1 aromatic heterocycles. The van der Waals surface area contributed by atoms with E-state index in [1.807, 2.05) is 90.6 Å². The maximum absolute atomic E-state index is 11.3. The zero-order chi connectivity index (χ0) is 17.7. The number of hydrogen-bond acceptors (Lipinski definition) is 3. The third-order valence-electron chi connectivity index (χ3n) is 4.02. The molecule has 0 saturated heterocycles. The molecule has 1 heterocycles. The highest BCUT2D eigenvalue weighted by Gasteiger charge is 2.30. The molecular weight excluding hydrogens is 314 g/mol. The van der Waals surface area contributed by atoms with Gasteiger partial charge in [0.2, 0.25) is 0 Å². The van der Waals surface area contributed by atoms with Crippen LogP contribution in [0.1, 0.15) is 19.4 Å². The molecule has 4 heteroatoms. The average Bonchev–Trinajstić information content (AvgIpc) is 3.16. The molecule has 128 valence electrons. The van der Waals surface area contributed by atoms with Crippen LogP contribution in [0, 0.1) is 0 Å². The third-order valence-corrected chi connectivity index (χ3v) is 4.02. The van der Waals surface area contributed by atoms with Crippen molar-refractivity contribution in [3.8, 4) is 11.4 Å². The molecule has 0 amide bonds. The molecule has 0 aliphatic rings. The molecule has 0 spiro atoms. The Balaban J connectivity index is 1.83. The van der Waals surface area contributed by atoms with Crippen molar-refractivity contribution in [1.29, 1.82) is 0 Å². The number of carbonyl (C=O) groups excluding carboxylic acids is 1. The number of carbonyl (C=O) groups is 1. The van der Waals surface area contributed by atoms with Gasteiger partial charge in [-0.25, -0.2) is 0 Å². The summed E-state index contributed by atoms with van der Waals surface area (Å²) in [6.07, 6.45) is 3.98. The van der Waals surface area contributed by atoms with Crippen LogP contribution in [0.15, 0.2) is 79.1 Å². The number of ether oxygens (including phenoxy) is 2. The summed E-state index contributed by atoms with van der Waals surface area (Å²) in [7, 11) is 0. The Hall–Kier alpha value is -3.01. The SMILES string of the molecule is CC(=O)OCC(C)(Oc1ccc(-n2cccc2)cc1)c1ccccc1. The van der Waals surface area contributed by atoms with Gasteiger partial charge in [-0.15, -0.1) is 0 Å². The molecule has 0 saturated carbocycles. The molecule has 0 N–H and O–H groups in total. The predicted octanol–water partition coefficient (Wildman–Crippen LogP) is 4.33. The highest BCUT2D eigenvalue weighted by molar-refractivity contribution is 5.66. The fourth-order valence-electron chi connectivity index (χ4n) is 2.65. The Labute approximate surface area is 147 Å². The fourth-order valence-corrected chi connectivity index (χ4v) is 2.65. The van der Waals surface area contributed by atoms with Crippen molar-refractivity contribution < 1.29 is 14.3 Å². The van der Waals surface area contributed by atoms with Gasteiger partial charge in [0.25, 0.3) is 0 Å². The summed E-state index contributed by atoms with van der Waals surface area (Å²) in [6.45, 7) is 3.47. The Bertz CT molecular complexity index is 810. The summed E-state index contributed by atoms with van der Waals surface area (Å²) in [5, 5.41) is 0. The van der Waals surface area contributed by atoms with Crippen LogP contribution in [-0.4, -0.2) is 17.1 Å². The van der Waals surface area contributed by atoms with E-state index in [4.69, 9.17) is 9.47 Å². The van der Waals surface area contributed by atoms with Gasteiger partial charge in [-0.2, -0.15) is 0 Å². The van der Waals surface area contributed by atoms with Gasteiger partial charge in [0, 0.05) is 25.0 Å². The minimum Gasteiger partial charge on any atom is -0.479 e. The predicted molar refractivity (Wildman–Crippen MR) is 96.8 cm³/mol. The molecule has 0 fully saturated rings. The maximum Gasteiger partial charge on any atom is 0.302 e. The van der Waals surface area contributed by atoms with Crippen molar-refractivity contribution in [2.75, 3.05) is 6.61 Å². The van der Waals surface area contributed by atoms with Crippen molar-refractivity contribution in [3.63, 3.8) is 0 Å². The molecule has 1 unspecified atom stereocenters. The number of benzene rings is 2. The first-order valence-corrected chi connectivity index (χ1v) is 8.18. The van der Waals surface area contributed by atoms with E-state index in [0.717, 1.165) is 17.0 Å². The van der Waals surface area contributed by atoms with Crippen LogP contribution in [0.2, 0.25) is 0 Å². The zero-order valence-corrected chi connectivity index (χ0v) is 14.4. The fraction of sp³-hybridized carbons (Fsp3) is 0.190. The third kappa shape index (κ3) is 4.10. The van der Waals surface area contributed by atoms with Gasteiger partial charge in [-0.1, -0.05) is 30.3 Å². The van der Waals surface area contributed by atoms with Crippen LogP contribution in [0.5, 0.6) is 5.75 Å². The average molecular weight is 335 g/mol. The molecule has 3 aromatic rings. The molecule has 4 nitrogen and oxygen atoms in total. The number of rotatable bonds is 6. The lowest BCUT2D eigenvalue weighted by atomic mass is 9.96. The summed E-state index contributed by atoms with van der Waals surface area (Å²) in [6, 6.07) is 21.6. The first-order chi connectivity index (χ1) is 12.1. The van der Waals surface area contributed by atoms with E-state index in [0.29, 0.717) is 0 Å². The van der Waals surface area contributed by atoms with Crippen LogP contribution < -0.4 is 4.74 Å². The van der Waals surface area contributed by atoms with Gasteiger partial charge in [-0.3, -0.25) is 4.79 Å². The zero-order valence-electron chi connectivity index (χ0n) is 14.4. The highest BCUT2D eigenvalue weighted by atomic mass is 16.6. The number of nitrogens with zero attached hydrogens (tertiary/aromatic N) is 1. The van der Waals surface area contributed by atoms with Crippen molar-refractivity contribution >= 4 is 5.97 Å². The summed E-state index contributed by atoms with van der Waals surface area (Å²) >= 11 is 0. The quantitative estimate of drug-likeness (QED) is 0.629. The number of hydrogen-bond donors (Lipinski definition) is 0. The molecule has 25 heavy (non-hydrogen) atoms. The monoisotopic (exact) mass is 335 g/mol. The van der Waals surface area contributed by atoms with Gasteiger partial charge in [0.15, 0.2) is 5.60 Å². The number of esters is 1. The van der Waals surface area contributed by atoms with Crippen LogP contribution >= 0.6 is 0 Å². The van der Waals surface area contributed by atoms with E-state index in [-0.39, 0.29) is 12.6 Å². The van der Waals surface area contributed by atoms with Crippen molar-refractivity contribution in [2.24, 2.45) is 0 Å². The van der Waals surface area contributed by atoms with E-state index >= 15 is 0 Å². The van der Waals surface area contributed by atoms with E-state index in [9.17, 15) is 4.79 Å². The van der Waals surface area contributed by atoms with E-state index < -0.39 is 5.60 Å². The lowest BCUT2D eigenvalue weighted by Gasteiger charge is -2.30. The molecule has 0 aliphatic heterocycles.